The van der Waals surface area contributed by atoms with E-state index in [2.05, 4.69) is 22.9 Å². The zero-order valence-corrected chi connectivity index (χ0v) is 11.5. The molecule has 0 radical (unpaired) electrons. The van der Waals surface area contributed by atoms with Crippen molar-refractivity contribution in [3.8, 4) is 0 Å². The number of carbonyl (C=O) groups excluding carboxylic acids is 1. The van der Waals surface area contributed by atoms with Crippen LogP contribution in [-0.4, -0.2) is 22.0 Å². The minimum absolute atomic E-state index is 0.0618. The Balaban J connectivity index is 1.68. The molecule has 0 unspecified atom stereocenters. The van der Waals surface area contributed by atoms with E-state index in [1.165, 1.54) is 0 Å². The first-order valence-electron chi connectivity index (χ1n) is 6.29. The molecule has 0 fully saturated rings. The topological polar surface area (TPSA) is 46.9 Å². The monoisotopic (exact) mass is 275 g/mol. The molecule has 0 aliphatic rings. The maximum absolute atomic E-state index is 11.9. The maximum Gasteiger partial charge on any atom is 0.252 e. The van der Waals surface area contributed by atoms with Crippen molar-refractivity contribution in [2.75, 3.05) is 6.54 Å². The molecule has 100 valence electrons. The average molecular weight is 275 g/mol. The largest absolute Gasteiger partial charge is 0.352 e. The lowest BCUT2D eigenvalue weighted by Crippen LogP contribution is -2.25. The van der Waals surface area contributed by atoms with Gasteiger partial charge in [-0.25, -0.2) is 4.98 Å². The zero-order chi connectivity index (χ0) is 13.5. The predicted molar refractivity (Wildman–Crippen MR) is 77.5 cm³/mol. The molecule has 1 heterocycles. The van der Waals surface area contributed by atoms with E-state index in [-0.39, 0.29) is 5.91 Å². The van der Waals surface area contributed by atoms with Crippen LogP contribution >= 0.6 is 12.6 Å². The molecule has 1 N–H and O–H groups in total. The number of rotatable bonds is 6. The molecule has 0 bridgehead atoms. The van der Waals surface area contributed by atoms with Crippen LogP contribution in [0, 0.1) is 0 Å². The lowest BCUT2D eigenvalue weighted by atomic mass is 10.2. The van der Waals surface area contributed by atoms with E-state index in [0.29, 0.717) is 17.0 Å². The normalized spacial score (nSPS) is 10.4. The number of carbonyl (C=O) groups is 1. The minimum atomic E-state index is -0.0618. The number of nitrogens with one attached hydrogen (secondary N) is 1. The van der Waals surface area contributed by atoms with Gasteiger partial charge in [0.1, 0.15) is 0 Å². The van der Waals surface area contributed by atoms with Gasteiger partial charge in [-0.2, -0.15) is 0 Å². The number of hydrogen-bond donors (Lipinski definition) is 2. The summed E-state index contributed by atoms with van der Waals surface area (Å²) in [4.78, 5) is 16.6. The number of benzene rings is 1. The van der Waals surface area contributed by atoms with Crippen molar-refractivity contribution in [2.45, 2.75) is 24.3 Å². The van der Waals surface area contributed by atoms with Crippen molar-refractivity contribution in [2.24, 2.45) is 0 Å². The van der Waals surface area contributed by atoms with Gasteiger partial charge in [-0.1, -0.05) is 12.1 Å². The smallest absolute Gasteiger partial charge is 0.252 e. The lowest BCUT2D eigenvalue weighted by molar-refractivity contribution is 0.0950. The summed E-state index contributed by atoms with van der Waals surface area (Å²) in [5.74, 6) is -0.0618. The molecule has 1 aromatic carbocycles. The molecule has 4 nitrogen and oxygen atoms in total. The highest BCUT2D eigenvalue weighted by atomic mass is 32.1. The van der Waals surface area contributed by atoms with Gasteiger partial charge in [-0.15, -0.1) is 12.6 Å². The number of thiol groups is 1. The summed E-state index contributed by atoms with van der Waals surface area (Å²) in [6.07, 6.45) is 7.47. The predicted octanol–water partition coefficient (Wildman–Crippen LogP) is 2.38. The Morgan fingerprint density at radius 2 is 2.16 bits per heavy atom. The Bertz CT molecular complexity index is 525. The molecule has 1 amide bonds. The summed E-state index contributed by atoms with van der Waals surface area (Å²) in [7, 11) is 0. The summed E-state index contributed by atoms with van der Waals surface area (Å²) in [5, 5.41) is 2.91. The van der Waals surface area contributed by atoms with Crippen LogP contribution in [0.2, 0.25) is 0 Å². The van der Waals surface area contributed by atoms with Crippen LogP contribution in [0.25, 0.3) is 0 Å². The lowest BCUT2D eigenvalue weighted by Gasteiger charge is -2.07. The van der Waals surface area contributed by atoms with Gasteiger partial charge in [0, 0.05) is 30.4 Å². The summed E-state index contributed by atoms with van der Waals surface area (Å²) >= 11 is 4.27. The Hall–Kier alpha value is -1.75. The second-order valence-electron chi connectivity index (χ2n) is 4.28. The van der Waals surface area contributed by atoms with Gasteiger partial charge in [0.25, 0.3) is 5.91 Å². The Labute approximate surface area is 118 Å². The molecule has 0 atom stereocenters. The van der Waals surface area contributed by atoms with Crippen LogP contribution in [0.15, 0.2) is 47.9 Å². The van der Waals surface area contributed by atoms with Gasteiger partial charge in [-0.05, 0) is 25.0 Å². The van der Waals surface area contributed by atoms with Crippen LogP contribution in [0.5, 0.6) is 0 Å². The van der Waals surface area contributed by atoms with Gasteiger partial charge >= 0.3 is 0 Å². The van der Waals surface area contributed by atoms with Crippen molar-refractivity contribution in [3.63, 3.8) is 0 Å². The first-order chi connectivity index (χ1) is 9.27. The summed E-state index contributed by atoms with van der Waals surface area (Å²) in [6, 6.07) is 7.30. The molecule has 0 saturated carbocycles. The highest BCUT2D eigenvalue weighted by Crippen LogP contribution is 2.12. The second-order valence-corrected chi connectivity index (χ2v) is 4.76. The molecular weight excluding hydrogens is 258 g/mol. The molecular formula is C14H17N3OS. The van der Waals surface area contributed by atoms with Crippen molar-refractivity contribution >= 4 is 18.5 Å². The van der Waals surface area contributed by atoms with Crippen molar-refractivity contribution in [3.05, 3.63) is 48.5 Å². The van der Waals surface area contributed by atoms with Crippen molar-refractivity contribution in [1.29, 1.82) is 0 Å². The van der Waals surface area contributed by atoms with E-state index >= 15 is 0 Å². The fourth-order valence-electron chi connectivity index (χ4n) is 1.80. The number of imidazole rings is 1. The number of amides is 1. The highest BCUT2D eigenvalue weighted by Gasteiger charge is 2.07. The van der Waals surface area contributed by atoms with Crippen LogP contribution in [0.1, 0.15) is 23.2 Å². The average Bonchev–Trinajstić information content (AvgIpc) is 2.92. The zero-order valence-electron chi connectivity index (χ0n) is 10.6. The second kappa shape index (κ2) is 6.99. The fourth-order valence-corrected chi connectivity index (χ4v) is 2.06. The number of nitrogens with zero attached hydrogens (tertiary/aromatic N) is 2. The number of aryl methyl sites for hydroxylation is 1. The first kappa shape index (κ1) is 13.7. The summed E-state index contributed by atoms with van der Waals surface area (Å²) < 4.78 is 2.03. The third-order valence-electron chi connectivity index (χ3n) is 2.84. The quantitative estimate of drug-likeness (QED) is 0.628. The van der Waals surface area contributed by atoms with E-state index in [0.717, 1.165) is 19.4 Å². The van der Waals surface area contributed by atoms with E-state index in [9.17, 15) is 4.79 Å². The standard InChI is InChI=1S/C14H17N3OS/c18-14(12-5-1-2-6-13(12)19)16-7-3-4-9-17-10-8-15-11-17/h1-2,5-6,8,10-11,19H,3-4,7,9H2,(H,16,18). The highest BCUT2D eigenvalue weighted by molar-refractivity contribution is 7.80. The van der Waals surface area contributed by atoms with E-state index < -0.39 is 0 Å². The summed E-state index contributed by atoms with van der Waals surface area (Å²) in [5.41, 5.74) is 0.625. The molecule has 0 aliphatic carbocycles. The van der Waals surface area contributed by atoms with Crippen molar-refractivity contribution in [1.82, 2.24) is 14.9 Å². The Morgan fingerprint density at radius 1 is 1.32 bits per heavy atom. The Kier molecular flexibility index (Phi) is 5.03. The van der Waals surface area contributed by atoms with E-state index in [1.807, 2.05) is 29.0 Å². The third kappa shape index (κ3) is 4.13. The van der Waals surface area contributed by atoms with Crippen molar-refractivity contribution < 1.29 is 4.79 Å². The molecule has 1 aromatic heterocycles. The molecule has 2 aromatic rings. The molecule has 0 saturated heterocycles. The molecule has 0 aliphatic heterocycles. The SMILES string of the molecule is O=C(NCCCCn1ccnc1)c1ccccc1S. The number of aromatic nitrogens is 2. The molecule has 5 heteroatoms. The number of unbranched alkanes of at least 4 members (excludes halogenated alkanes) is 1. The minimum Gasteiger partial charge on any atom is -0.352 e. The van der Waals surface area contributed by atoms with E-state index in [4.69, 9.17) is 0 Å². The summed E-state index contributed by atoms with van der Waals surface area (Å²) in [6.45, 7) is 1.61. The fraction of sp³-hybridized carbons (Fsp3) is 0.286. The van der Waals surface area contributed by atoms with Crippen LogP contribution in [-0.2, 0) is 6.54 Å². The van der Waals surface area contributed by atoms with E-state index in [1.54, 1.807) is 18.6 Å². The molecule has 0 spiro atoms. The van der Waals surface area contributed by atoms with Gasteiger partial charge < -0.3 is 9.88 Å². The molecule has 19 heavy (non-hydrogen) atoms. The maximum atomic E-state index is 11.9. The third-order valence-corrected chi connectivity index (χ3v) is 3.23. The molecule has 2 rings (SSSR count). The van der Waals surface area contributed by atoms with Gasteiger partial charge in [0.2, 0.25) is 0 Å². The van der Waals surface area contributed by atoms with Crippen LogP contribution in [0.4, 0.5) is 0 Å². The van der Waals surface area contributed by atoms with Gasteiger partial charge in [0.05, 0.1) is 11.9 Å². The number of hydrogen-bond acceptors (Lipinski definition) is 3. The van der Waals surface area contributed by atoms with Crippen LogP contribution in [0.3, 0.4) is 0 Å². The first-order valence-corrected chi connectivity index (χ1v) is 6.74. The Morgan fingerprint density at radius 3 is 2.89 bits per heavy atom. The van der Waals surface area contributed by atoms with Gasteiger partial charge in [0.15, 0.2) is 0 Å². The van der Waals surface area contributed by atoms with Crippen LogP contribution < -0.4 is 5.32 Å². The van der Waals surface area contributed by atoms with Gasteiger partial charge in [-0.3, -0.25) is 4.79 Å².